The van der Waals surface area contributed by atoms with E-state index in [1.165, 1.54) is 0 Å². The van der Waals surface area contributed by atoms with Crippen LogP contribution >= 0.6 is 0 Å². The van der Waals surface area contributed by atoms with E-state index in [1.807, 2.05) is 42.6 Å². The summed E-state index contributed by atoms with van der Waals surface area (Å²) in [6, 6.07) is 7.47. The van der Waals surface area contributed by atoms with Crippen LogP contribution < -0.4 is 10.2 Å². The summed E-state index contributed by atoms with van der Waals surface area (Å²) in [7, 11) is 1.66. The summed E-state index contributed by atoms with van der Waals surface area (Å²) < 4.78 is 0. The number of hydrogen-bond acceptors (Lipinski definition) is 3. The molecule has 0 aliphatic carbocycles. The van der Waals surface area contributed by atoms with Gasteiger partial charge in [0.25, 0.3) is 0 Å². The van der Waals surface area contributed by atoms with Crippen molar-refractivity contribution >= 4 is 11.7 Å². The molecule has 0 amide bonds. The zero-order valence-corrected chi connectivity index (χ0v) is 10.9. The number of likely N-dealkylation sites (N-methyl/N-ethyl adjacent to an activating group) is 1. The smallest absolute Gasteiger partial charge is 0.321 e. The molecule has 1 aliphatic heterocycles. The Kier molecular flexibility index (Phi) is 4.36. The molecule has 19 heavy (non-hydrogen) atoms. The highest BCUT2D eigenvalue weighted by molar-refractivity contribution is 5.73. The van der Waals surface area contributed by atoms with Crippen molar-refractivity contribution in [3.05, 3.63) is 54.3 Å². The molecule has 1 heterocycles. The number of carboxylic acid groups (broad SMARTS) is 1. The van der Waals surface area contributed by atoms with Gasteiger partial charge in [0.15, 0.2) is 0 Å². The van der Waals surface area contributed by atoms with Crippen molar-refractivity contribution in [2.75, 3.05) is 18.5 Å². The zero-order valence-electron chi connectivity index (χ0n) is 10.9. The molecule has 100 valence electrons. The molecule has 0 spiro atoms. The Morgan fingerprint density at radius 1 is 1.37 bits per heavy atom. The van der Waals surface area contributed by atoms with Gasteiger partial charge in [-0.2, -0.15) is 0 Å². The van der Waals surface area contributed by atoms with E-state index in [0.29, 0.717) is 6.42 Å². The Labute approximate surface area is 113 Å². The van der Waals surface area contributed by atoms with Gasteiger partial charge in [-0.25, -0.2) is 0 Å². The Morgan fingerprint density at radius 3 is 2.63 bits per heavy atom. The summed E-state index contributed by atoms with van der Waals surface area (Å²) in [6.07, 6.45) is 8.63. The van der Waals surface area contributed by atoms with Crippen molar-refractivity contribution in [3.63, 3.8) is 0 Å². The molecule has 0 saturated heterocycles. The van der Waals surface area contributed by atoms with Gasteiger partial charge in [-0.1, -0.05) is 24.3 Å². The first-order valence-electron chi connectivity index (χ1n) is 6.29. The summed E-state index contributed by atoms with van der Waals surface area (Å²) in [5.74, 6) is -0.823. The number of benzene rings is 1. The SMILES string of the molecule is CNC(Cc1ccc(N2C=CC=CC2)cc1)C(=O)O. The molecule has 0 bridgehead atoms. The van der Waals surface area contributed by atoms with Crippen LogP contribution in [0, 0.1) is 0 Å². The third-order valence-corrected chi connectivity index (χ3v) is 3.17. The van der Waals surface area contributed by atoms with Gasteiger partial charge in [0.05, 0.1) is 0 Å². The minimum atomic E-state index is -0.823. The lowest BCUT2D eigenvalue weighted by Crippen LogP contribution is -2.35. The van der Waals surface area contributed by atoms with Crippen LogP contribution in [-0.2, 0) is 11.2 Å². The Hall–Kier alpha value is -2.07. The largest absolute Gasteiger partial charge is 0.480 e. The third kappa shape index (κ3) is 3.45. The molecule has 1 aromatic carbocycles. The van der Waals surface area contributed by atoms with Crippen LogP contribution in [-0.4, -0.2) is 30.7 Å². The molecule has 0 saturated carbocycles. The molecular weight excluding hydrogens is 240 g/mol. The fourth-order valence-electron chi connectivity index (χ4n) is 2.03. The molecule has 4 heteroatoms. The molecule has 0 radical (unpaired) electrons. The van der Waals surface area contributed by atoms with Crippen molar-refractivity contribution < 1.29 is 9.90 Å². The maximum atomic E-state index is 11.0. The monoisotopic (exact) mass is 258 g/mol. The van der Waals surface area contributed by atoms with Crippen LogP contribution in [0.4, 0.5) is 5.69 Å². The number of rotatable bonds is 5. The van der Waals surface area contributed by atoms with E-state index in [4.69, 9.17) is 5.11 Å². The highest BCUT2D eigenvalue weighted by Gasteiger charge is 2.15. The number of aliphatic carboxylic acids is 1. The second kappa shape index (κ2) is 6.20. The van der Waals surface area contributed by atoms with Crippen molar-refractivity contribution in [2.24, 2.45) is 0 Å². The number of nitrogens with zero attached hydrogens (tertiary/aromatic N) is 1. The Morgan fingerprint density at radius 2 is 2.11 bits per heavy atom. The van der Waals surface area contributed by atoms with E-state index in [-0.39, 0.29) is 0 Å². The van der Waals surface area contributed by atoms with E-state index >= 15 is 0 Å². The van der Waals surface area contributed by atoms with E-state index in [2.05, 4.69) is 16.3 Å². The Bertz CT molecular complexity index is 491. The molecule has 2 rings (SSSR count). The molecular formula is C15H18N2O2. The maximum Gasteiger partial charge on any atom is 0.321 e. The highest BCUT2D eigenvalue weighted by Crippen LogP contribution is 2.18. The first-order chi connectivity index (χ1) is 9.20. The molecule has 1 atom stereocenters. The average Bonchev–Trinajstić information content (AvgIpc) is 2.46. The summed E-state index contributed by atoms with van der Waals surface area (Å²) >= 11 is 0. The molecule has 2 N–H and O–H groups in total. The fourth-order valence-corrected chi connectivity index (χ4v) is 2.03. The first-order valence-corrected chi connectivity index (χ1v) is 6.29. The van der Waals surface area contributed by atoms with Gasteiger partial charge in [-0.15, -0.1) is 0 Å². The second-order valence-electron chi connectivity index (χ2n) is 4.47. The number of carboxylic acids is 1. The minimum absolute atomic E-state index is 0.488. The first kappa shape index (κ1) is 13.4. The number of nitrogens with one attached hydrogen (secondary N) is 1. The summed E-state index contributed by atoms with van der Waals surface area (Å²) in [5.41, 5.74) is 2.13. The van der Waals surface area contributed by atoms with E-state index in [9.17, 15) is 4.79 Å². The molecule has 4 nitrogen and oxygen atoms in total. The lowest BCUT2D eigenvalue weighted by atomic mass is 10.1. The van der Waals surface area contributed by atoms with Gasteiger partial charge in [-0.05, 0) is 37.2 Å². The van der Waals surface area contributed by atoms with Crippen LogP contribution in [0.25, 0.3) is 0 Å². The molecule has 1 aliphatic rings. The van der Waals surface area contributed by atoms with Crippen LogP contribution in [0.1, 0.15) is 5.56 Å². The van der Waals surface area contributed by atoms with Crippen molar-refractivity contribution in [2.45, 2.75) is 12.5 Å². The lowest BCUT2D eigenvalue weighted by Gasteiger charge is -2.21. The van der Waals surface area contributed by atoms with Gasteiger partial charge in [0.1, 0.15) is 6.04 Å². The highest BCUT2D eigenvalue weighted by atomic mass is 16.4. The van der Waals surface area contributed by atoms with Crippen molar-refractivity contribution in [3.8, 4) is 0 Å². The fraction of sp³-hybridized carbons (Fsp3) is 0.267. The van der Waals surface area contributed by atoms with Gasteiger partial charge in [0.2, 0.25) is 0 Å². The number of carbonyl (C=O) groups is 1. The van der Waals surface area contributed by atoms with E-state index < -0.39 is 12.0 Å². The van der Waals surface area contributed by atoms with Gasteiger partial charge >= 0.3 is 5.97 Å². The number of anilines is 1. The molecule has 1 aromatic rings. The number of hydrogen-bond donors (Lipinski definition) is 2. The van der Waals surface area contributed by atoms with Crippen LogP contribution in [0.2, 0.25) is 0 Å². The van der Waals surface area contributed by atoms with E-state index in [0.717, 1.165) is 17.8 Å². The molecule has 0 fully saturated rings. The third-order valence-electron chi connectivity index (χ3n) is 3.17. The summed E-state index contributed by atoms with van der Waals surface area (Å²) in [4.78, 5) is 13.1. The van der Waals surface area contributed by atoms with Crippen molar-refractivity contribution in [1.29, 1.82) is 0 Å². The predicted molar refractivity (Wildman–Crippen MR) is 76.3 cm³/mol. The average molecular weight is 258 g/mol. The standard InChI is InChI=1S/C15H18N2O2/c1-16-14(15(18)19)11-12-5-7-13(8-6-12)17-9-3-2-4-10-17/h2-9,14,16H,10-11H2,1H3,(H,18,19). The van der Waals surface area contributed by atoms with Crippen molar-refractivity contribution in [1.82, 2.24) is 5.32 Å². The zero-order chi connectivity index (χ0) is 13.7. The lowest BCUT2D eigenvalue weighted by molar-refractivity contribution is -0.139. The maximum absolute atomic E-state index is 11.0. The quantitative estimate of drug-likeness (QED) is 0.845. The van der Waals surface area contributed by atoms with Crippen LogP contribution in [0.5, 0.6) is 0 Å². The molecule has 0 aromatic heterocycles. The summed E-state index contributed by atoms with van der Waals surface area (Å²) in [5, 5.41) is 11.8. The minimum Gasteiger partial charge on any atom is -0.480 e. The van der Waals surface area contributed by atoms with E-state index in [1.54, 1.807) is 7.05 Å². The second-order valence-corrected chi connectivity index (χ2v) is 4.47. The van der Waals surface area contributed by atoms with Gasteiger partial charge in [0, 0.05) is 18.4 Å². The summed E-state index contributed by atoms with van der Waals surface area (Å²) in [6.45, 7) is 0.865. The molecule has 1 unspecified atom stereocenters. The Balaban J connectivity index is 2.04. The topological polar surface area (TPSA) is 52.6 Å². The van der Waals surface area contributed by atoms with Gasteiger partial charge < -0.3 is 15.3 Å². The number of allylic oxidation sites excluding steroid dienone is 2. The predicted octanol–water partition coefficient (Wildman–Crippen LogP) is 1.79. The normalized spacial score (nSPS) is 15.5. The van der Waals surface area contributed by atoms with Crippen LogP contribution in [0.15, 0.2) is 48.7 Å². The van der Waals surface area contributed by atoms with Gasteiger partial charge in [-0.3, -0.25) is 4.79 Å². The van der Waals surface area contributed by atoms with Crippen LogP contribution in [0.3, 0.4) is 0 Å².